The second-order valence-corrected chi connectivity index (χ2v) is 4.30. The van der Waals surface area contributed by atoms with Gasteiger partial charge in [-0.3, -0.25) is 4.79 Å². The number of amides is 1. The van der Waals surface area contributed by atoms with Gasteiger partial charge in [0.15, 0.2) is 0 Å². The number of hydrogen-bond donors (Lipinski definition) is 4. The summed E-state index contributed by atoms with van der Waals surface area (Å²) >= 11 is 0. The van der Waals surface area contributed by atoms with Gasteiger partial charge in [-0.15, -0.1) is 0 Å². The van der Waals surface area contributed by atoms with E-state index in [1.54, 1.807) is 19.1 Å². The molecule has 5 heteroatoms. The van der Waals surface area contributed by atoms with Crippen LogP contribution in [0.3, 0.4) is 0 Å². The Morgan fingerprint density at radius 1 is 1.35 bits per heavy atom. The summed E-state index contributed by atoms with van der Waals surface area (Å²) in [4.78, 5) is 11.9. The first kappa shape index (κ1) is 13.5. The third-order valence-corrected chi connectivity index (χ3v) is 2.60. The van der Waals surface area contributed by atoms with Crippen LogP contribution in [0.5, 0.6) is 5.75 Å². The lowest BCUT2D eigenvalue weighted by Crippen LogP contribution is -2.51. The number of benzene rings is 1. The maximum absolute atomic E-state index is 11.9. The molecule has 4 N–H and O–H groups in total. The van der Waals surface area contributed by atoms with E-state index in [1.165, 1.54) is 13.0 Å². The lowest BCUT2D eigenvalue weighted by Gasteiger charge is -2.26. The summed E-state index contributed by atoms with van der Waals surface area (Å²) in [6.07, 6.45) is 0. The summed E-state index contributed by atoms with van der Waals surface area (Å²) < 4.78 is 0. The summed E-state index contributed by atoms with van der Waals surface area (Å²) in [5.41, 5.74) is -0.390. The van der Waals surface area contributed by atoms with E-state index in [0.717, 1.165) is 0 Å². The van der Waals surface area contributed by atoms with Crippen molar-refractivity contribution >= 4 is 5.91 Å². The van der Waals surface area contributed by atoms with E-state index in [9.17, 15) is 9.90 Å². The fourth-order valence-corrected chi connectivity index (χ4v) is 1.31. The van der Waals surface area contributed by atoms with Crippen LogP contribution in [0.4, 0.5) is 0 Å². The number of rotatable bonds is 4. The average molecular weight is 239 g/mol. The van der Waals surface area contributed by atoms with Gasteiger partial charge in [-0.25, -0.2) is 0 Å². The lowest BCUT2D eigenvalue weighted by atomic mass is 10.0. The Hall–Kier alpha value is -1.59. The maximum Gasteiger partial charge on any atom is 0.255 e. The van der Waals surface area contributed by atoms with Crippen molar-refractivity contribution in [2.75, 3.05) is 13.2 Å². The zero-order chi connectivity index (χ0) is 13.1. The van der Waals surface area contributed by atoms with Crippen LogP contribution in [0.2, 0.25) is 0 Å². The number of hydrogen-bond acceptors (Lipinski definition) is 4. The summed E-state index contributed by atoms with van der Waals surface area (Å²) in [7, 11) is 0. The van der Waals surface area contributed by atoms with Crippen molar-refractivity contribution < 1.29 is 20.1 Å². The minimum absolute atomic E-state index is 0.0942. The van der Waals surface area contributed by atoms with E-state index in [1.807, 2.05) is 0 Å². The Bertz CT molecular complexity index is 413. The van der Waals surface area contributed by atoms with Crippen molar-refractivity contribution in [3.8, 4) is 5.75 Å². The Morgan fingerprint density at radius 2 is 1.94 bits per heavy atom. The standard InChI is InChI=1S/C12H17NO4/c1-8-4-3-5-9(10(8)16)11(17)13-12(2,6-14)7-15/h3-5,14-16H,6-7H2,1-2H3,(H,13,17). The van der Waals surface area contributed by atoms with Crippen LogP contribution in [0.25, 0.3) is 0 Å². The van der Waals surface area contributed by atoms with Crippen molar-refractivity contribution in [2.45, 2.75) is 19.4 Å². The van der Waals surface area contributed by atoms with Crippen molar-refractivity contribution in [1.29, 1.82) is 0 Å². The summed E-state index contributed by atoms with van der Waals surface area (Å²) in [6, 6.07) is 4.81. The van der Waals surface area contributed by atoms with Crippen LogP contribution in [0.1, 0.15) is 22.8 Å². The topological polar surface area (TPSA) is 89.8 Å². The van der Waals surface area contributed by atoms with E-state index in [2.05, 4.69) is 5.32 Å². The number of aliphatic hydroxyl groups excluding tert-OH is 2. The molecule has 0 saturated carbocycles. The molecule has 94 valence electrons. The van der Waals surface area contributed by atoms with Crippen LogP contribution in [0.15, 0.2) is 18.2 Å². The van der Waals surface area contributed by atoms with Crippen LogP contribution in [0, 0.1) is 6.92 Å². The van der Waals surface area contributed by atoms with Gasteiger partial charge in [-0.2, -0.15) is 0 Å². The molecule has 0 bridgehead atoms. The molecule has 0 radical (unpaired) electrons. The Kier molecular flexibility index (Phi) is 4.09. The predicted molar refractivity (Wildman–Crippen MR) is 62.9 cm³/mol. The molecule has 0 saturated heterocycles. The van der Waals surface area contributed by atoms with Crippen molar-refractivity contribution in [1.82, 2.24) is 5.32 Å². The second-order valence-electron chi connectivity index (χ2n) is 4.30. The number of phenols is 1. The number of carbonyl (C=O) groups excluding carboxylic acids is 1. The fraction of sp³-hybridized carbons (Fsp3) is 0.417. The first-order valence-electron chi connectivity index (χ1n) is 5.26. The minimum atomic E-state index is -1.10. The van der Waals surface area contributed by atoms with Gasteiger partial charge in [0.2, 0.25) is 0 Å². The molecule has 1 aromatic rings. The summed E-state index contributed by atoms with van der Waals surface area (Å²) in [5.74, 6) is -0.625. The number of aryl methyl sites for hydroxylation is 1. The quantitative estimate of drug-likeness (QED) is 0.603. The van der Waals surface area contributed by atoms with Gasteiger partial charge in [0.05, 0.1) is 24.3 Å². The van der Waals surface area contributed by atoms with Crippen molar-refractivity contribution in [3.63, 3.8) is 0 Å². The van der Waals surface area contributed by atoms with Crippen molar-refractivity contribution in [2.24, 2.45) is 0 Å². The van der Waals surface area contributed by atoms with E-state index >= 15 is 0 Å². The fourth-order valence-electron chi connectivity index (χ4n) is 1.31. The number of carbonyl (C=O) groups is 1. The van der Waals surface area contributed by atoms with Gasteiger partial charge in [-0.05, 0) is 25.5 Å². The number of aromatic hydroxyl groups is 1. The van der Waals surface area contributed by atoms with Gasteiger partial charge in [-0.1, -0.05) is 12.1 Å². The highest BCUT2D eigenvalue weighted by Gasteiger charge is 2.26. The molecule has 1 aromatic carbocycles. The van der Waals surface area contributed by atoms with E-state index in [0.29, 0.717) is 5.56 Å². The summed E-state index contributed by atoms with van der Waals surface area (Å²) in [5, 5.41) is 30.3. The number of aliphatic hydroxyl groups is 2. The van der Waals surface area contributed by atoms with Gasteiger partial charge < -0.3 is 20.6 Å². The molecule has 0 spiro atoms. The molecular formula is C12H17NO4. The Labute approximate surface area is 99.7 Å². The molecule has 0 aliphatic carbocycles. The highest BCUT2D eigenvalue weighted by Crippen LogP contribution is 2.21. The maximum atomic E-state index is 11.9. The smallest absolute Gasteiger partial charge is 0.255 e. The molecule has 0 aliphatic heterocycles. The molecule has 0 heterocycles. The Morgan fingerprint density at radius 3 is 2.47 bits per heavy atom. The van der Waals surface area contributed by atoms with Crippen LogP contribution in [-0.2, 0) is 0 Å². The number of phenolic OH excluding ortho intramolecular Hbond substituents is 1. The third kappa shape index (κ3) is 2.95. The normalized spacial score (nSPS) is 11.3. The average Bonchev–Trinajstić information content (AvgIpc) is 2.32. The molecule has 5 nitrogen and oxygen atoms in total. The summed E-state index contributed by atoms with van der Waals surface area (Å²) in [6.45, 7) is 2.42. The third-order valence-electron chi connectivity index (χ3n) is 2.60. The highest BCUT2D eigenvalue weighted by atomic mass is 16.3. The second kappa shape index (κ2) is 5.16. The van der Waals surface area contributed by atoms with Crippen LogP contribution >= 0.6 is 0 Å². The molecule has 0 aromatic heterocycles. The number of nitrogens with one attached hydrogen (secondary N) is 1. The minimum Gasteiger partial charge on any atom is -0.507 e. The lowest BCUT2D eigenvalue weighted by molar-refractivity contribution is 0.0721. The van der Waals surface area contributed by atoms with E-state index < -0.39 is 11.4 Å². The molecular weight excluding hydrogens is 222 g/mol. The highest BCUT2D eigenvalue weighted by molar-refractivity contribution is 5.97. The molecule has 0 unspecified atom stereocenters. The number of para-hydroxylation sites is 1. The zero-order valence-corrected chi connectivity index (χ0v) is 9.90. The van der Waals surface area contributed by atoms with Crippen LogP contribution < -0.4 is 5.32 Å². The van der Waals surface area contributed by atoms with Crippen LogP contribution in [-0.4, -0.2) is 40.0 Å². The van der Waals surface area contributed by atoms with Gasteiger partial charge in [0, 0.05) is 0 Å². The Balaban J connectivity index is 2.94. The van der Waals surface area contributed by atoms with Gasteiger partial charge >= 0.3 is 0 Å². The largest absolute Gasteiger partial charge is 0.507 e. The molecule has 1 rings (SSSR count). The monoisotopic (exact) mass is 239 g/mol. The first-order valence-corrected chi connectivity index (χ1v) is 5.26. The SMILES string of the molecule is Cc1cccc(C(=O)NC(C)(CO)CO)c1O. The molecule has 17 heavy (non-hydrogen) atoms. The van der Waals surface area contributed by atoms with Gasteiger partial charge in [0.25, 0.3) is 5.91 Å². The molecule has 0 aliphatic rings. The predicted octanol–water partition coefficient (Wildman–Crippen LogP) is 0.174. The van der Waals surface area contributed by atoms with Crippen molar-refractivity contribution in [3.05, 3.63) is 29.3 Å². The molecule has 0 fully saturated rings. The molecule has 0 atom stereocenters. The first-order chi connectivity index (χ1) is 7.93. The molecule has 1 amide bonds. The van der Waals surface area contributed by atoms with E-state index in [4.69, 9.17) is 10.2 Å². The van der Waals surface area contributed by atoms with Gasteiger partial charge in [0.1, 0.15) is 5.75 Å². The van der Waals surface area contributed by atoms with E-state index in [-0.39, 0.29) is 24.5 Å². The zero-order valence-electron chi connectivity index (χ0n) is 9.90.